The molecule has 0 N–H and O–H groups in total. The van der Waals surface area contributed by atoms with Crippen molar-refractivity contribution in [2.45, 2.75) is 46.5 Å². The minimum absolute atomic E-state index is 0.689. The first-order valence-corrected chi connectivity index (χ1v) is 6.15. The molecule has 90 valence electrons. The van der Waals surface area contributed by atoms with Gasteiger partial charge in [0.1, 0.15) is 0 Å². The minimum Gasteiger partial charge on any atom is -0.362 e. The second-order valence-electron chi connectivity index (χ2n) is 4.26. The van der Waals surface area contributed by atoms with Gasteiger partial charge in [0.15, 0.2) is 0 Å². The molecule has 0 aliphatic heterocycles. The Labute approximate surface area is 95.3 Å². The van der Waals surface area contributed by atoms with E-state index in [1.807, 2.05) is 6.92 Å². The van der Waals surface area contributed by atoms with Gasteiger partial charge in [0.05, 0.1) is 13.3 Å². The van der Waals surface area contributed by atoms with Gasteiger partial charge in [0.2, 0.25) is 0 Å². The highest BCUT2D eigenvalue weighted by molar-refractivity contribution is 4.87. The van der Waals surface area contributed by atoms with Gasteiger partial charge in [0, 0.05) is 13.1 Å². The quantitative estimate of drug-likeness (QED) is 0.407. The summed E-state index contributed by atoms with van der Waals surface area (Å²) in [7, 11) is 0. The molecule has 0 unspecified atom stereocenters. The molecule has 15 heavy (non-hydrogen) atoms. The Morgan fingerprint density at radius 1 is 1.13 bits per heavy atom. The first-order chi connectivity index (χ1) is 7.20. The van der Waals surface area contributed by atoms with Crippen LogP contribution in [0, 0.1) is 0 Å². The number of rotatable bonds is 10. The molecule has 0 atom stereocenters. The van der Waals surface area contributed by atoms with E-state index in [9.17, 15) is 0 Å². The second-order valence-corrected chi connectivity index (χ2v) is 4.26. The summed E-state index contributed by atoms with van der Waals surface area (Å²) in [5.41, 5.74) is 1.10. The van der Waals surface area contributed by atoms with E-state index in [0.717, 1.165) is 25.4 Å². The Kier molecular flexibility index (Phi) is 9.96. The predicted octanol–water partition coefficient (Wildman–Crippen LogP) is 3.44. The van der Waals surface area contributed by atoms with E-state index < -0.39 is 0 Å². The van der Waals surface area contributed by atoms with Crippen LogP contribution in [-0.2, 0) is 4.74 Å². The maximum atomic E-state index is 5.58. The molecule has 0 spiro atoms. The van der Waals surface area contributed by atoms with Crippen molar-refractivity contribution in [1.29, 1.82) is 0 Å². The molecule has 0 aromatic rings. The zero-order chi connectivity index (χ0) is 11.5. The van der Waals surface area contributed by atoms with Gasteiger partial charge in [-0.1, -0.05) is 38.8 Å². The Balaban J connectivity index is 3.63. The van der Waals surface area contributed by atoms with E-state index in [4.69, 9.17) is 4.74 Å². The molecule has 0 amide bonds. The van der Waals surface area contributed by atoms with E-state index in [2.05, 4.69) is 25.3 Å². The van der Waals surface area contributed by atoms with Gasteiger partial charge in [-0.25, -0.2) is 0 Å². The third kappa shape index (κ3) is 9.95. The number of unbranched alkanes of at least 4 members (excludes halogenated alkanes) is 2. The molecule has 0 saturated heterocycles. The molecule has 0 aromatic heterocycles. The molecule has 2 heteroatoms. The first-order valence-electron chi connectivity index (χ1n) is 6.15. The van der Waals surface area contributed by atoms with Crippen molar-refractivity contribution in [1.82, 2.24) is 4.90 Å². The highest BCUT2D eigenvalue weighted by atomic mass is 16.5. The molecule has 0 saturated carbocycles. The fraction of sp³-hybridized carbons (Fsp3) is 0.846. The Hall–Kier alpha value is -0.340. The summed E-state index contributed by atoms with van der Waals surface area (Å²) in [5.74, 6) is 0. The van der Waals surface area contributed by atoms with Crippen LogP contribution in [-0.4, -0.2) is 31.3 Å². The summed E-state index contributed by atoms with van der Waals surface area (Å²) in [6, 6.07) is 0. The number of hydrogen-bond donors (Lipinski definition) is 0. The lowest BCUT2D eigenvalue weighted by atomic mass is 10.3. The number of nitrogens with zero attached hydrogens (tertiary/aromatic N) is 1. The molecular formula is C13H27NO. The topological polar surface area (TPSA) is 12.5 Å². The van der Waals surface area contributed by atoms with Gasteiger partial charge in [-0.2, -0.15) is 0 Å². The average Bonchev–Trinajstić information content (AvgIpc) is 2.20. The Bertz CT molecular complexity index is 149. The second kappa shape index (κ2) is 10.2. The fourth-order valence-electron chi connectivity index (χ4n) is 1.35. The molecule has 2 nitrogen and oxygen atoms in total. The largest absolute Gasteiger partial charge is 0.362 e. The molecule has 0 rings (SSSR count). The Morgan fingerprint density at radius 3 is 2.07 bits per heavy atom. The van der Waals surface area contributed by atoms with Crippen LogP contribution in [0.5, 0.6) is 0 Å². The maximum Gasteiger partial charge on any atom is 0.0994 e. The SMILES string of the molecule is C=C(C)COCN(CCCC)CCCC. The number of hydrogen-bond acceptors (Lipinski definition) is 2. The van der Waals surface area contributed by atoms with Gasteiger partial charge in [0.25, 0.3) is 0 Å². The molecule has 0 aromatic carbocycles. The van der Waals surface area contributed by atoms with Crippen LogP contribution in [0.4, 0.5) is 0 Å². The molecule has 0 fully saturated rings. The van der Waals surface area contributed by atoms with Crippen molar-refractivity contribution < 1.29 is 4.74 Å². The number of ether oxygens (including phenoxy) is 1. The van der Waals surface area contributed by atoms with Gasteiger partial charge in [-0.15, -0.1) is 0 Å². The molecular weight excluding hydrogens is 186 g/mol. The first kappa shape index (κ1) is 14.7. The third-order valence-electron chi connectivity index (χ3n) is 2.28. The van der Waals surface area contributed by atoms with Crippen LogP contribution >= 0.6 is 0 Å². The fourth-order valence-corrected chi connectivity index (χ4v) is 1.35. The lowest BCUT2D eigenvalue weighted by molar-refractivity contribution is 0.0389. The zero-order valence-electron chi connectivity index (χ0n) is 10.7. The van der Waals surface area contributed by atoms with Crippen LogP contribution in [0.3, 0.4) is 0 Å². The van der Waals surface area contributed by atoms with Crippen LogP contribution in [0.1, 0.15) is 46.5 Å². The average molecular weight is 213 g/mol. The Morgan fingerprint density at radius 2 is 1.67 bits per heavy atom. The van der Waals surface area contributed by atoms with E-state index in [0.29, 0.717) is 6.61 Å². The summed E-state index contributed by atoms with van der Waals surface area (Å²) in [5, 5.41) is 0. The smallest absolute Gasteiger partial charge is 0.0994 e. The van der Waals surface area contributed by atoms with Crippen molar-refractivity contribution in [3.8, 4) is 0 Å². The summed E-state index contributed by atoms with van der Waals surface area (Å²) < 4.78 is 5.58. The molecule has 0 aliphatic carbocycles. The zero-order valence-corrected chi connectivity index (χ0v) is 10.7. The van der Waals surface area contributed by atoms with Gasteiger partial charge in [-0.3, -0.25) is 4.90 Å². The van der Waals surface area contributed by atoms with Crippen molar-refractivity contribution >= 4 is 0 Å². The van der Waals surface area contributed by atoms with Gasteiger partial charge >= 0.3 is 0 Å². The van der Waals surface area contributed by atoms with E-state index in [1.54, 1.807) is 0 Å². The van der Waals surface area contributed by atoms with Crippen molar-refractivity contribution in [3.63, 3.8) is 0 Å². The highest BCUT2D eigenvalue weighted by Crippen LogP contribution is 2.00. The third-order valence-corrected chi connectivity index (χ3v) is 2.28. The molecule has 0 radical (unpaired) electrons. The van der Waals surface area contributed by atoms with E-state index in [-0.39, 0.29) is 0 Å². The minimum atomic E-state index is 0.689. The monoisotopic (exact) mass is 213 g/mol. The summed E-state index contributed by atoms with van der Waals surface area (Å²) in [6.07, 6.45) is 5.03. The van der Waals surface area contributed by atoms with Crippen molar-refractivity contribution in [3.05, 3.63) is 12.2 Å². The van der Waals surface area contributed by atoms with Gasteiger partial charge < -0.3 is 4.74 Å². The standard InChI is InChI=1S/C13H27NO/c1-5-7-9-14(10-8-6-2)12-15-11-13(3)4/h3,5-12H2,1-2,4H3. The predicted molar refractivity (Wildman–Crippen MR) is 67.0 cm³/mol. The van der Waals surface area contributed by atoms with Crippen molar-refractivity contribution in [2.24, 2.45) is 0 Å². The van der Waals surface area contributed by atoms with Crippen LogP contribution in [0.25, 0.3) is 0 Å². The maximum absolute atomic E-state index is 5.58. The summed E-state index contributed by atoms with van der Waals surface area (Å²) in [6.45, 7) is 14.1. The molecule has 0 heterocycles. The summed E-state index contributed by atoms with van der Waals surface area (Å²) >= 11 is 0. The summed E-state index contributed by atoms with van der Waals surface area (Å²) in [4.78, 5) is 2.40. The van der Waals surface area contributed by atoms with Crippen LogP contribution in [0.15, 0.2) is 12.2 Å². The highest BCUT2D eigenvalue weighted by Gasteiger charge is 2.03. The lowest BCUT2D eigenvalue weighted by Gasteiger charge is -2.21. The van der Waals surface area contributed by atoms with Crippen molar-refractivity contribution in [2.75, 3.05) is 26.4 Å². The van der Waals surface area contributed by atoms with E-state index in [1.165, 1.54) is 25.7 Å². The van der Waals surface area contributed by atoms with Gasteiger partial charge in [-0.05, 0) is 19.8 Å². The lowest BCUT2D eigenvalue weighted by Crippen LogP contribution is -2.29. The van der Waals surface area contributed by atoms with Crippen LogP contribution in [0.2, 0.25) is 0 Å². The molecule has 0 aliphatic rings. The van der Waals surface area contributed by atoms with E-state index >= 15 is 0 Å². The molecule has 0 bridgehead atoms. The van der Waals surface area contributed by atoms with Crippen LogP contribution < -0.4 is 0 Å². The normalized spacial score (nSPS) is 10.9.